The maximum absolute atomic E-state index is 6.30. The summed E-state index contributed by atoms with van der Waals surface area (Å²) in [5.41, 5.74) is 0. The molecule has 0 amide bonds. The predicted molar refractivity (Wildman–Crippen MR) is 96.3 cm³/mol. The summed E-state index contributed by atoms with van der Waals surface area (Å²) >= 11 is 0. The van der Waals surface area contributed by atoms with Crippen LogP contribution in [0.15, 0.2) is 0 Å². The van der Waals surface area contributed by atoms with Crippen molar-refractivity contribution in [2.45, 2.75) is 78.8 Å². The van der Waals surface area contributed by atoms with Gasteiger partial charge in [0, 0.05) is 13.2 Å². The average molecular weight is 353 g/mol. The van der Waals surface area contributed by atoms with Crippen molar-refractivity contribution in [3.8, 4) is 0 Å². The fourth-order valence-corrected chi connectivity index (χ4v) is 13.9. The van der Waals surface area contributed by atoms with Gasteiger partial charge in [0.15, 0.2) is 0 Å². The van der Waals surface area contributed by atoms with Gasteiger partial charge in [-0.25, -0.2) is 0 Å². The highest BCUT2D eigenvalue weighted by atomic mass is 28.5. The van der Waals surface area contributed by atoms with Gasteiger partial charge in [-0.05, 0) is 52.1 Å². The molecule has 0 N–H and O–H groups in total. The molecule has 21 heavy (non-hydrogen) atoms. The lowest BCUT2D eigenvalue weighted by Gasteiger charge is -2.37. The largest absolute Gasteiger partial charge is 0.415 e. The van der Waals surface area contributed by atoms with E-state index in [-0.39, 0.29) is 0 Å². The molecule has 0 atom stereocenters. The van der Waals surface area contributed by atoms with Crippen molar-refractivity contribution < 1.29 is 17.1 Å². The number of rotatable bonds is 12. The first-order chi connectivity index (χ1) is 9.54. The van der Waals surface area contributed by atoms with Crippen molar-refractivity contribution in [3.05, 3.63) is 0 Å². The molecule has 0 unspecified atom stereocenters. The lowest BCUT2D eigenvalue weighted by molar-refractivity contribution is 0.201. The molecule has 0 fully saturated rings. The average Bonchev–Trinajstić information content (AvgIpc) is 2.25. The van der Waals surface area contributed by atoms with Gasteiger partial charge in [-0.15, -0.1) is 0 Å². The first kappa shape index (κ1) is 21.5. The Morgan fingerprint density at radius 3 is 1.19 bits per heavy atom. The van der Waals surface area contributed by atoms with Crippen molar-refractivity contribution in [2.24, 2.45) is 0 Å². The molecule has 0 aromatic carbocycles. The molecular weight excluding hydrogens is 316 g/mol. The SMILES string of the molecule is CCCCO[Si](C)(C)O[Si](C)(C)O[Si](C)(C)OCCCC. The molecule has 0 rings (SSSR count). The van der Waals surface area contributed by atoms with E-state index in [9.17, 15) is 0 Å². The van der Waals surface area contributed by atoms with E-state index >= 15 is 0 Å². The fraction of sp³-hybridized carbons (Fsp3) is 1.00. The third-order valence-electron chi connectivity index (χ3n) is 2.88. The van der Waals surface area contributed by atoms with Crippen LogP contribution in [0, 0.1) is 0 Å². The Labute approximate surface area is 135 Å². The minimum absolute atomic E-state index is 0.786. The summed E-state index contributed by atoms with van der Waals surface area (Å²) in [7, 11) is -6.44. The fourth-order valence-electron chi connectivity index (χ4n) is 2.19. The van der Waals surface area contributed by atoms with Crippen molar-refractivity contribution in [1.29, 1.82) is 0 Å². The molecule has 0 saturated carbocycles. The van der Waals surface area contributed by atoms with Gasteiger partial charge in [-0.3, -0.25) is 0 Å². The van der Waals surface area contributed by atoms with Crippen LogP contribution in [-0.4, -0.2) is 38.9 Å². The first-order valence-electron chi connectivity index (χ1n) is 8.22. The third kappa shape index (κ3) is 11.7. The molecule has 0 heterocycles. The minimum Gasteiger partial charge on any atom is -0.415 e. The molecule has 0 aromatic heterocycles. The van der Waals surface area contributed by atoms with Crippen LogP contribution in [0.2, 0.25) is 39.3 Å². The van der Waals surface area contributed by atoms with E-state index in [1.54, 1.807) is 0 Å². The van der Waals surface area contributed by atoms with Crippen LogP contribution >= 0.6 is 0 Å². The second-order valence-corrected chi connectivity index (χ2v) is 17.4. The van der Waals surface area contributed by atoms with Crippen LogP contribution in [-0.2, 0) is 17.1 Å². The monoisotopic (exact) mass is 352 g/mol. The topological polar surface area (TPSA) is 36.9 Å². The summed E-state index contributed by atoms with van der Waals surface area (Å²) in [6, 6.07) is 0. The van der Waals surface area contributed by atoms with Crippen molar-refractivity contribution >= 4 is 25.7 Å². The molecular formula is C14H36O4Si3. The van der Waals surface area contributed by atoms with Gasteiger partial charge in [0.1, 0.15) is 0 Å². The Hall–Kier alpha value is 0.491. The lowest BCUT2D eigenvalue weighted by Crippen LogP contribution is -2.54. The number of hydrogen-bond donors (Lipinski definition) is 0. The Balaban J connectivity index is 4.38. The van der Waals surface area contributed by atoms with Gasteiger partial charge in [0.05, 0.1) is 0 Å². The number of unbranched alkanes of at least 4 members (excludes halogenated alkanes) is 2. The normalized spacial score (nSPS) is 13.7. The summed E-state index contributed by atoms with van der Waals surface area (Å²) < 4.78 is 24.5. The molecule has 0 spiro atoms. The molecule has 0 aliphatic rings. The summed E-state index contributed by atoms with van der Waals surface area (Å²) in [6.45, 7) is 18.5. The second-order valence-electron chi connectivity index (χ2n) is 6.81. The van der Waals surface area contributed by atoms with Gasteiger partial charge in [-0.1, -0.05) is 26.7 Å². The number of hydrogen-bond acceptors (Lipinski definition) is 4. The van der Waals surface area contributed by atoms with Crippen LogP contribution in [0.3, 0.4) is 0 Å². The van der Waals surface area contributed by atoms with Crippen molar-refractivity contribution in [3.63, 3.8) is 0 Å². The summed E-state index contributed by atoms with van der Waals surface area (Å²) in [4.78, 5) is 0. The highest BCUT2D eigenvalue weighted by Crippen LogP contribution is 2.22. The van der Waals surface area contributed by atoms with E-state index in [1.807, 2.05) is 0 Å². The molecule has 0 radical (unpaired) electrons. The molecule has 0 aliphatic carbocycles. The molecule has 0 saturated heterocycles. The van der Waals surface area contributed by atoms with Gasteiger partial charge in [0.2, 0.25) is 0 Å². The molecule has 0 bridgehead atoms. The van der Waals surface area contributed by atoms with Crippen LogP contribution < -0.4 is 0 Å². The molecule has 7 heteroatoms. The lowest BCUT2D eigenvalue weighted by atomic mass is 10.4. The van der Waals surface area contributed by atoms with Gasteiger partial charge >= 0.3 is 25.7 Å². The van der Waals surface area contributed by atoms with E-state index in [1.165, 1.54) is 0 Å². The van der Waals surface area contributed by atoms with Gasteiger partial charge in [0.25, 0.3) is 0 Å². The minimum atomic E-state index is -2.22. The quantitative estimate of drug-likeness (QED) is 0.375. The van der Waals surface area contributed by atoms with Gasteiger partial charge < -0.3 is 17.1 Å². The smallest absolute Gasteiger partial charge is 0.322 e. The maximum Gasteiger partial charge on any atom is 0.322 e. The maximum atomic E-state index is 6.30. The van der Waals surface area contributed by atoms with E-state index < -0.39 is 25.7 Å². The van der Waals surface area contributed by atoms with E-state index in [0.29, 0.717) is 0 Å². The highest BCUT2D eigenvalue weighted by Gasteiger charge is 2.41. The third-order valence-corrected chi connectivity index (χ3v) is 12.5. The Bertz CT molecular complexity index is 257. The van der Waals surface area contributed by atoms with Crippen molar-refractivity contribution in [2.75, 3.05) is 13.2 Å². The van der Waals surface area contributed by atoms with Crippen LogP contribution in [0.25, 0.3) is 0 Å². The van der Waals surface area contributed by atoms with E-state index in [2.05, 4.69) is 53.1 Å². The Morgan fingerprint density at radius 1 is 0.571 bits per heavy atom. The molecule has 4 nitrogen and oxygen atoms in total. The van der Waals surface area contributed by atoms with Crippen molar-refractivity contribution in [1.82, 2.24) is 0 Å². The van der Waals surface area contributed by atoms with Crippen LogP contribution in [0.4, 0.5) is 0 Å². The zero-order valence-electron chi connectivity index (χ0n) is 15.4. The molecule has 0 aromatic rings. The standard InChI is InChI=1S/C14H36O4Si3/c1-9-11-13-15-19(3,4)17-21(7,8)18-20(5,6)16-14-12-10-2/h9-14H2,1-8H3. The van der Waals surface area contributed by atoms with Crippen LogP contribution in [0.1, 0.15) is 39.5 Å². The van der Waals surface area contributed by atoms with Gasteiger partial charge in [-0.2, -0.15) is 0 Å². The van der Waals surface area contributed by atoms with E-state index in [4.69, 9.17) is 17.1 Å². The molecule has 0 aliphatic heterocycles. The summed E-state index contributed by atoms with van der Waals surface area (Å²) in [5.74, 6) is 0. The summed E-state index contributed by atoms with van der Waals surface area (Å²) in [5, 5.41) is 0. The van der Waals surface area contributed by atoms with E-state index in [0.717, 1.165) is 38.9 Å². The Kier molecular flexibility index (Phi) is 9.81. The highest BCUT2D eigenvalue weighted by molar-refractivity contribution is 6.84. The zero-order valence-corrected chi connectivity index (χ0v) is 18.4. The predicted octanol–water partition coefficient (Wildman–Crippen LogP) is 4.76. The summed E-state index contributed by atoms with van der Waals surface area (Å²) in [6.07, 6.45) is 4.46. The zero-order chi connectivity index (χ0) is 16.6. The molecule has 128 valence electrons. The second kappa shape index (κ2) is 9.59. The Morgan fingerprint density at radius 2 is 0.905 bits per heavy atom. The first-order valence-corrected chi connectivity index (χ1v) is 16.7. The van der Waals surface area contributed by atoms with Crippen LogP contribution in [0.5, 0.6) is 0 Å².